The molecule has 1 nitrogen and oxygen atoms in total. The van der Waals surface area contributed by atoms with Crippen molar-refractivity contribution in [3.63, 3.8) is 0 Å². The van der Waals surface area contributed by atoms with Crippen LogP contribution in [0.4, 0.5) is 0 Å². The molecule has 0 aromatic heterocycles. The van der Waals surface area contributed by atoms with E-state index in [2.05, 4.69) is 0 Å². The summed E-state index contributed by atoms with van der Waals surface area (Å²) in [4.78, 5) is 0. The van der Waals surface area contributed by atoms with Crippen molar-refractivity contribution in [2.45, 2.75) is 0 Å². The molecule has 0 atom stereocenters. The zero-order chi connectivity index (χ0) is 9.80. The fourth-order valence-electron chi connectivity index (χ4n) is 1.35. The maximum atomic E-state index is 12.0. The Morgan fingerprint density at radius 3 is 1.33 bits per heavy atom. The molecule has 0 saturated heterocycles. The molecule has 0 saturated carbocycles. The summed E-state index contributed by atoms with van der Waals surface area (Å²) in [5, 5.41) is 1.84. The number of benzene rings is 2. The Labute approximate surface area is 101 Å². The van der Waals surface area contributed by atoms with Crippen molar-refractivity contribution in [1.29, 1.82) is 0 Å². The van der Waals surface area contributed by atoms with Gasteiger partial charge in [0.1, 0.15) is 7.80 Å². The van der Waals surface area contributed by atoms with E-state index in [0.29, 0.717) is 0 Å². The van der Waals surface area contributed by atoms with Gasteiger partial charge in [-0.3, -0.25) is 0 Å². The maximum Gasteiger partial charge on any atom is 0.131 e. The SMILES string of the molecule is O=[PH](c1ccccc1)c1ccccc1.[Fe]. The third-order valence-corrected chi connectivity index (χ3v) is 3.79. The van der Waals surface area contributed by atoms with Gasteiger partial charge in [-0.2, -0.15) is 0 Å². The van der Waals surface area contributed by atoms with Gasteiger partial charge >= 0.3 is 0 Å². The molecule has 0 aliphatic heterocycles. The molecule has 0 N–H and O–H groups in total. The van der Waals surface area contributed by atoms with Crippen LogP contribution in [-0.2, 0) is 21.6 Å². The molecule has 0 amide bonds. The molecule has 2 aromatic carbocycles. The first-order valence-electron chi connectivity index (χ1n) is 4.53. The van der Waals surface area contributed by atoms with Crippen LogP contribution in [0.2, 0.25) is 0 Å². The van der Waals surface area contributed by atoms with Gasteiger partial charge in [0.2, 0.25) is 0 Å². The number of hydrogen-bond donors (Lipinski definition) is 0. The van der Waals surface area contributed by atoms with Crippen molar-refractivity contribution >= 4 is 18.4 Å². The molecule has 15 heavy (non-hydrogen) atoms. The molecule has 0 heterocycles. The first-order valence-corrected chi connectivity index (χ1v) is 5.93. The van der Waals surface area contributed by atoms with Gasteiger partial charge in [0.05, 0.1) is 0 Å². The Morgan fingerprint density at radius 2 is 1.00 bits per heavy atom. The van der Waals surface area contributed by atoms with Crippen LogP contribution >= 0.6 is 7.80 Å². The van der Waals surface area contributed by atoms with Crippen LogP contribution in [0.5, 0.6) is 0 Å². The third kappa shape index (κ3) is 3.07. The molecule has 0 bridgehead atoms. The normalized spacial score (nSPS) is 9.67. The van der Waals surface area contributed by atoms with Crippen LogP contribution in [-0.4, -0.2) is 0 Å². The molecular weight excluding hydrogens is 247 g/mol. The average molecular weight is 258 g/mol. The molecule has 0 aliphatic rings. The molecule has 0 radical (unpaired) electrons. The van der Waals surface area contributed by atoms with Crippen molar-refractivity contribution in [3.8, 4) is 0 Å². The van der Waals surface area contributed by atoms with Crippen molar-refractivity contribution in [2.75, 3.05) is 0 Å². The molecule has 0 aliphatic carbocycles. The number of hydrogen-bond acceptors (Lipinski definition) is 1. The van der Waals surface area contributed by atoms with Gasteiger partial charge in [-0.25, -0.2) is 0 Å². The van der Waals surface area contributed by atoms with E-state index in [1.54, 1.807) is 0 Å². The van der Waals surface area contributed by atoms with Gasteiger partial charge in [0.25, 0.3) is 0 Å². The van der Waals surface area contributed by atoms with Crippen molar-refractivity contribution in [2.24, 2.45) is 0 Å². The van der Waals surface area contributed by atoms with Crippen LogP contribution < -0.4 is 10.6 Å². The predicted molar refractivity (Wildman–Crippen MR) is 61.2 cm³/mol. The molecule has 0 spiro atoms. The molecule has 2 aromatic rings. The van der Waals surface area contributed by atoms with Crippen LogP contribution in [0.1, 0.15) is 0 Å². The first-order chi connectivity index (χ1) is 6.88. The van der Waals surface area contributed by atoms with E-state index in [-0.39, 0.29) is 17.1 Å². The van der Waals surface area contributed by atoms with Gasteiger partial charge in [0.15, 0.2) is 0 Å². The van der Waals surface area contributed by atoms with Crippen LogP contribution in [0.3, 0.4) is 0 Å². The quantitative estimate of drug-likeness (QED) is 0.596. The van der Waals surface area contributed by atoms with E-state index >= 15 is 0 Å². The standard InChI is InChI=1S/C12H11OP.Fe/c13-14(11-7-3-1-4-8-11)12-9-5-2-6-10-12;/h1-10,14H;. The molecular formula is C12H11FeOP. The smallest absolute Gasteiger partial charge is 0.131 e. The van der Waals surface area contributed by atoms with Gasteiger partial charge in [0, 0.05) is 27.7 Å². The van der Waals surface area contributed by atoms with Gasteiger partial charge in [-0.1, -0.05) is 60.7 Å². The van der Waals surface area contributed by atoms with Crippen molar-refractivity contribution in [3.05, 3.63) is 60.7 Å². The summed E-state index contributed by atoms with van der Waals surface area (Å²) >= 11 is 0. The van der Waals surface area contributed by atoms with E-state index in [1.807, 2.05) is 60.7 Å². The minimum Gasteiger partial charge on any atom is -0.317 e. The zero-order valence-corrected chi connectivity index (χ0v) is 10.1. The van der Waals surface area contributed by atoms with Gasteiger partial charge in [-0.05, 0) is 0 Å². The van der Waals surface area contributed by atoms with Crippen molar-refractivity contribution < 1.29 is 21.6 Å². The minimum atomic E-state index is -1.79. The second kappa shape index (κ2) is 5.92. The zero-order valence-electron chi connectivity index (χ0n) is 8.04. The van der Waals surface area contributed by atoms with Crippen LogP contribution in [0, 0.1) is 0 Å². The molecule has 0 unspecified atom stereocenters. The Bertz CT molecular complexity index is 386. The molecule has 0 fully saturated rings. The molecule has 78 valence electrons. The summed E-state index contributed by atoms with van der Waals surface area (Å²) in [6.07, 6.45) is 0. The fraction of sp³-hybridized carbons (Fsp3) is 0. The Balaban J connectivity index is 0.00000112. The van der Waals surface area contributed by atoms with E-state index in [9.17, 15) is 4.57 Å². The number of rotatable bonds is 2. The van der Waals surface area contributed by atoms with Crippen molar-refractivity contribution in [1.82, 2.24) is 0 Å². The predicted octanol–water partition coefficient (Wildman–Crippen LogP) is 2.19. The van der Waals surface area contributed by atoms with E-state index in [4.69, 9.17) is 0 Å². The Kier molecular flexibility index (Phi) is 4.84. The fourth-order valence-corrected chi connectivity index (χ4v) is 2.67. The largest absolute Gasteiger partial charge is 0.317 e. The maximum absolute atomic E-state index is 12.0. The summed E-state index contributed by atoms with van der Waals surface area (Å²) in [6.45, 7) is 0. The summed E-state index contributed by atoms with van der Waals surface area (Å²) in [6, 6.07) is 19.2. The Hall–Kier alpha value is -0.811. The summed E-state index contributed by atoms with van der Waals surface area (Å²) in [7, 11) is -1.79. The van der Waals surface area contributed by atoms with E-state index in [1.165, 1.54) is 0 Å². The minimum absolute atomic E-state index is 0. The first kappa shape index (κ1) is 12.3. The van der Waals surface area contributed by atoms with Gasteiger partial charge in [-0.15, -0.1) is 0 Å². The Morgan fingerprint density at radius 1 is 0.667 bits per heavy atom. The van der Waals surface area contributed by atoms with Crippen LogP contribution in [0.25, 0.3) is 0 Å². The van der Waals surface area contributed by atoms with Crippen LogP contribution in [0.15, 0.2) is 60.7 Å². The summed E-state index contributed by atoms with van der Waals surface area (Å²) < 4.78 is 12.0. The van der Waals surface area contributed by atoms with Gasteiger partial charge < -0.3 is 4.57 Å². The summed E-state index contributed by atoms with van der Waals surface area (Å²) in [5.41, 5.74) is 0. The van der Waals surface area contributed by atoms with E-state index < -0.39 is 7.80 Å². The molecule has 2 rings (SSSR count). The monoisotopic (exact) mass is 258 g/mol. The second-order valence-corrected chi connectivity index (χ2v) is 4.87. The third-order valence-electron chi connectivity index (χ3n) is 2.07. The topological polar surface area (TPSA) is 17.1 Å². The van der Waals surface area contributed by atoms with E-state index in [0.717, 1.165) is 10.6 Å². The average Bonchev–Trinajstić information content (AvgIpc) is 2.30. The summed E-state index contributed by atoms with van der Waals surface area (Å²) in [5.74, 6) is 0. The molecule has 3 heteroatoms. The second-order valence-electron chi connectivity index (χ2n) is 3.06.